The quantitative estimate of drug-likeness (QED) is 0.516. The number of nitrogens with zero attached hydrogens (tertiary/aromatic N) is 3. The van der Waals surface area contributed by atoms with Crippen molar-refractivity contribution in [2.24, 2.45) is 0 Å². The Hall–Kier alpha value is -3.36. The van der Waals surface area contributed by atoms with Gasteiger partial charge >= 0.3 is 0 Å². The van der Waals surface area contributed by atoms with Gasteiger partial charge in [0.1, 0.15) is 5.82 Å². The van der Waals surface area contributed by atoms with E-state index in [1.165, 1.54) is 6.07 Å². The molecule has 32 heavy (non-hydrogen) atoms. The van der Waals surface area contributed by atoms with Crippen molar-refractivity contribution in [2.75, 3.05) is 26.2 Å². The summed E-state index contributed by atoms with van der Waals surface area (Å²) in [5.74, 6) is -0.383. The van der Waals surface area contributed by atoms with Crippen LogP contribution in [-0.2, 0) is 6.54 Å². The van der Waals surface area contributed by atoms with Crippen LogP contribution in [0.15, 0.2) is 65.5 Å². The number of aromatic nitrogens is 2. The maximum absolute atomic E-state index is 14.1. The third kappa shape index (κ3) is 3.94. The zero-order chi connectivity index (χ0) is 22.1. The third-order valence-electron chi connectivity index (χ3n) is 5.74. The standard InChI is InChI=1S/C24H21FN4O2S/c25-20-8-4-3-7-19(20)21-10-9-16(32-21)15-28-11-13-29(14-12-28)24(31)22-17-5-1-2-6-18(17)23(30)27-26-22/h1-10H,11-15H2,(H,27,30). The molecule has 1 aliphatic rings. The summed E-state index contributed by atoms with van der Waals surface area (Å²) < 4.78 is 14.1. The number of nitrogens with one attached hydrogen (secondary N) is 1. The molecule has 1 fully saturated rings. The summed E-state index contributed by atoms with van der Waals surface area (Å²) in [7, 11) is 0. The fraction of sp³-hybridized carbons (Fsp3) is 0.208. The van der Waals surface area contributed by atoms with Crippen LogP contribution in [0.5, 0.6) is 0 Å². The molecule has 1 amide bonds. The van der Waals surface area contributed by atoms with Crippen molar-refractivity contribution in [1.29, 1.82) is 0 Å². The number of fused-ring (bicyclic) bond motifs is 1. The number of hydrogen-bond donors (Lipinski definition) is 1. The van der Waals surface area contributed by atoms with E-state index < -0.39 is 0 Å². The van der Waals surface area contributed by atoms with Crippen molar-refractivity contribution < 1.29 is 9.18 Å². The molecule has 6 nitrogen and oxygen atoms in total. The van der Waals surface area contributed by atoms with Crippen LogP contribution in [0.25, 0.3) is 21.2 Å². The van der Waals surface area contributed by atoms with Crippen LogP contribution in [0, 0.1) is 5.82 Å². The van der Waals surface area contributed by atoms with Gasteiger partial charge in [0.05, 0.1) is 5.39 Å². The van der Waals surface area contributed by atoms with E-state index in [9.17, 15) is 14.0 Å². The lowest BCUT2D eigenvalue weighted by Crippen LogP contribution is -2.48. The number of carbonyl (C=O) groups is 1. The molecule has 162 valence electrons. The van der Waals surface area contributed by atoms with Crippen LogP contribution in [0.1, 0.15) is 15.4 Å². The smallest absolute Gasteiger partial charge is 0.275 e. The van der Waals surface area contributed by atoms with Gasteiger partial charge in [-0.15, -0.1) is 11.3 Å². The predicted octanol–water partition coefficient (Wildman–Crippen LogP) is 3.75. The summed E-state index contributed by atoms with van der Waals surface area (Å²) in [5.41, 5.74) is 0.605. The molecule has 0 saturated carbocycles. The fourth-order valence-electron chi connectivity index (χ4n) is 4.03. The number of halogens is 1. The van der Waals surface area contributed by atoms with Gasteiger partial charge in [-0.1, -0.05) is 36.4 Å². The molecule has 5 rings (SSSR count). The van der Waals surface area contributed by atoms with Crippen molar-refractivity contribution in [3.63, 3.8) is 0 Å². The van der Waals surface area contributed by atoms with Gasteiger partial charge in [-0.25, -0.2) is 9.49 Å². The monoisotopic (exact) mass is 448 g/mol. The minimum Gasteiger partial charge on any atom is -0.335 e. The Balaban J connectivity index is 1.25. The second-order valence-corrected chi connectivity index (χ2v) is 8.93. The highest BCUT2D eigenvalue weighted by molar-refractivity contribution is 7.15. The van der Waals surface area contributed by atoms with Gasteiger partial charge in [-0.2, -0.15) is 5.10 Å². The number of carbonyl (C=O) groups excluding carboxylic acids is 1. The number of H-pyrrole nitrogens is 1. The van der Waals surface area contributed by atoms with E-state index in [4.69, 9.17) is 0 Å². The fourth-order valence-corrected chi connectivity index (χ4v) is 5.10. The molecule has 1 aliphatic heterocycles. The Kier molecular flexibility index (Phi) is 5.55. The highest BCUT2D eigenvalue weighted by atomic mass is 32.1. The highest BCUT2D eigenvalue weighted by Crippen LogP contribution is 2.30. The van der Waals surface area contributed by atoms with Gasteiger partial charge in [0.2, 0.25) is 0 Å². The van der Waals surface area contributed by atoms with Crippen LogP contribution in [0.2, 0.25) is 0 Å². The molecule has 0 unspecified atom stereocenters. The second kappa shape index (κ2) is 8.64. The molecule has 8 heteroatoms. The van der Waals surface area contributed by atoms with E-state index >= 15 is 0 Å². The molecule has 2 aromatic heterocycles. The molecule has 0 aliphatic carbocycles. The topological polar surface area (TPSA) is 69.3 Å². The van der Waals surface area contributed by atoms with Gasteiger partial charge < -0.3 is 4.90 Å². The van der Waals surface area contributed by atoms with Crippen LogP contribution in [-0.4, -0.2) is 52.1 Å². The van der Waals surface area contributed by atoms with Gasteiger partial charge in [-0.3, -0.25) is 14.5 Å². The molecule has 0 bridgehead atoms. The molecule has 1 saturated heterocycles. The van der Waals surface area contributed by atoms with Crippen LogP contribution < -0.4 is 5.56 Å². The zero-order valence-corrected chi connectivity index (χ0v) is 18.1. The molecule has 3 heterocycles. The number of piperazine rings is 1. The van der Waals surface area contributed by atoms with Crippen LogP contribution in [0.3, 0.4) is 0 Å². The van der Waals surface area contributed by atoms with E-state index in [2.05, 4.69) is 15.1 Å². The Labute approximate surface area is 187 Å². The first-order valence-corrected chi connectivity index (χ1v) is 11.2. The van der Waals surface area contributed by atoms with Gasteiger partial charge in [0.15, 0.2) is 5.69 Å². The molecular weight excluding hydrogens is 427 g/mol. The van der Waals surface area contributed by atoms with Gasteiger partial charge in [0, 0.05) is 53.4 Å². The van der Waals surface area contributed by atoms with Crippen LogP contribution in [0.4, 0.5) is 4.39 Å². The van der Waals surface area contributed by atoms with Crippen molar-refractivity contribution in [3.8, 4) is 10.4 Å². The van der Waals surface area contributed by atoms with Crippen LogP contribution >= 0.6 is 11.3 Å². The first kappa shape index (κ1) is 20.5. The third-order valence-corrected chi connectivity index (χ3v) is 6.84. The van der Waals surface area contributed by atoms with E-state index in [-0.39, 0.29) is 23.0 Å². The average molecular weight is 449 g/mol. The minimum atomic E-state index is -0.298. The van der Waals surface area contributed by atoms with E-state index in [0.29, 0.717) is 29.4 Å². The lowest BCUT2D eigenvalue weighted by Gasteiger charge is -2.34. The zero-order valence-electron chi connectivity index (χ0n) is 17.3. The number of amides is 1. The number of aromatic amines is 1. The molecular formula is C24H21FN4O2S. The van der Waals surface area contributed by atoms with Crippen molar-refractivity contribution in [1.82, 2.24) is 20.0 Å². The summed E-state index contributed by atoms with van der Waals surface area (Å²) in [6.07, 6.45) is 0. The molecule has 1 N–H and O–H groups in total. The minimum absolute atomic E-state index is 0.171. The number of thiophene rings is 1. The summed E-state index contributed by atoms with van der Waals surface area (Å²) in [5, 5.41) is 7.51. The first-order valence-electron chi connectivity index (χ1n) is 10.4. The summed E-state index contributed by atoms with van der Waals surface area (Å²) >= 11 is 1.59. The first-order chi connectivity index (χ1) is 15.6. The largest absolute Gasteiger partial charge is 0.335 e. The Morgan fingerprint density at radius 1 is 0.969 bits per heavy atom. The molecule has 2 aromatic carbocycles. The summed E-state index contributed by atoms with van der Waals surface area (Å²) in [6.45, 7) is 3.40. The van der Waals surface area contributed by atoms with E-state index in [0.717, 1.165) is 29.4 Å². The lowest BCUT2D eigenvalue weighted by atomic mass is 10.1. The molecule has 0 radical (unpaired) electrons. The normalized spacial score (nSPS) is 14.7. The van der Waals surface area contributed by atoms with Crippen molar-refractivity contribution >= 4 is 28.0 Å². The van der Waals surface area contributed by atoms with E-state index in [1.54, 1.807) is 52.6 Å². The van der Waals surface area contributed by atoms with Crippen molar-refractivity contribution in [2.45, 2.75) is 6.54 Å². The molecule has 0 spiro atoms. The predicted molar refractivity (Wildman–Crippen MR) is 123 cm³/mol. The SMILES string of the molecule is O=C(c1n[nH]c(=O)c2ccccc12)N1CCN(Cc2ccc(-c3ccccc3F)s2)CC1. The second-order valence-electron chi connectivity index (χ2n) is 7.76. The van der Waals surface area contributed by atoms with Gasteiger partial charge in [-0.05, 0) is 24.3 Å². The highest BCUT2D eigenvalue weighted by Gasteiger charge is 2.25. The molecule has 0 atom stereocenters. The lowest BCUT2D eigenvalue weighted by molar-refractivity contribution is 0.0625. The maximum atomic E-state index is 14.1. The number of benzene rings is 2. The summed E-state index contributed by atoms with van der Waals surface area (Å²) in [4.78, 5) is 31.2. The summed E-state index contributed by atoms with van der Waals surface area (Å²) in [6, 6.07) is 17.8. The van der Waals surface area contributed by atoms with Crippen molar-refractivity contribution in [3.05, 3.63) is 87.4 Å². The van der Waals surface area contributed by atoms with Gasteiger partial charge in [0.25, 0.3) is 11.5 Å². The Morgan fingerprint density at radius 3 is 2.47 bits per heavy atom. The molecule has 4 aromatic rings. The Bertz CT molecular complexity index is 1340. The Morgan fingerprint density at radius 2 is 1.69 bits per heavy atom. The average Bonchev–Trinajstić information content (AvgIpc) is 3.28. The number of rotatable bonds is 4. The number of hydrogen-bond acceptors (Lipinski definition) is 5. The van der Waals surface area contributed by atoms with E-state index in [1.807, 2.05) is 18.2 Å². The maximum Gasteiger partial charge on any atom is 0.275 e.